The number of nitrogens with zero attached hydrogens (tertiary/aromatic N) is 1. The summed E-state index contributed by atoms with van der Waals surface area (Å²) >= 11 is 0. The molecule has 0 fully saturated rings. The molecule has 0 aliphatic heterocycles. The molecule has 0 aromatic heterocycles. The molecule has 30 heavy (non-hydrogen) atoms. The molecule has 0 radical (unpaired) electrons. The van der Waals surface area contributed by atoms with E-state index in [1.54, 1.807) is 21.3 Å². The molecule has 0 spiro atoms. The quantitative estimate of drug-likeness (QED) is 0.527. The molecule has 0 saturated heterocycles. The SMILES string of the molecule is COc1ccc(CC(=O)N(Cc2ccc(OC)cc2)Cc2ccc(OC)cc2)cc1. The Kier molecular flexibility index (Phi) is 7.33. The fourth-order valence-corrected chi connectivity index (χ4v) is 3.16. The third-order valence-electron chi connectivity index (χ3n) is 4.93. The van der Waals surface area contributed by atoms with Crippen LogP contribution in [0, 0.1) is 0 Å². The van der Waals surface area contributed by atoms with E-state index in [0.29, 0.717) is 19.5 Å². The molecule has 156 valence electrons. The van der Waals surface area contributed by atoms with Crippen molar-refractivity contribution in [3.8, 4) is 17.2 Å². The molecule has 0 saturated carbocycles. The minimum absolute atomic E-state index is 0.0619. The zero-order valence-corrected chi connectivity index (χ0v) is 17.6. The predicted octanol–water partition coefficient (Wildman–Crippen LogP) is 4.48. The van der Waals surface area contributed by atoms with Crippen LogP contribution in [0.3, 0.4) is 0 Å². The van der Waals surface area contributed by atoms with Crippen molar-refractivity contribution in [2.75, 3.05) is 21.3 Å². The summed E-state index contributed by atoms with van der Waals surface area (Å²) in [7, 11) is 4.92. The van der Waals surface area contributed by atoms with Crippen molar-refractivity contribution in [2.45, 2.75) is 19.5 Å². The van der Waals surface area contributed by atoms with Gasteiger partial charge in [-0.1, -0.05) is 36.4 Å². The van der Waals surface area contributed by atoms with Crippen molar-refractivity contribution in [3.05, 3.63) is 89.5 Å². The van der Waals surface area contributed by atoms with Crippen molar-refractivity contribution in [3.63, 3.8) is 0 Å². The fourth-order valence-electron chi connectivity index (χ4n) is 3.16. The average molecular weight is 405 g/mol. The van der Waals surface area contributed by atoms with E-state index in [2.05, 4.69) is 0 Å². The van der Waals surface area contributed by atoms with Gasteiger partial charge in [0, 0.05) is 13.1 Å². The van der Waals surface area contributed by atoms with Crippen LogP contribution in [0.5, 0.6) is 17.2 Å². The number of rotatable bonds is 9. The highest BCUT2D eigenvalue weighted by Crippen LogP contribution is 2.19. The molecule has 0 unspecified atom stereocenters. The fraction of sp³-hybridized carbons (Fsp3) is 0.240. The molecule has 3 aromatic carbocycles. The number of carbonyl (C=O) groups excluding carboxylic acids is 1. The topological polar surface area (TPSA) is 48.0 Å². The summed E-state index contributed by atoms with van der Waals surface area (Å²) in [6, 6.07) is 23.2. The van der Waals surface area contributed by atoms with Gasteiger partial charge in [-0.2, -0.15) is 0 Å². The first-order chi connectivity index (χ1) is 14.6. The minimum Gasteiger partial charge on any atom is -0.497 e. The summed E-state index contributed by atoms with van der Waals surface area (Å²) in [5.74, 6) is 2.43. The Morgan fingerprint density at radius 2 is 0.933 bits per heavy atom. The second kappa shape index (κ2) is 10.3. The molecular formula is C25H27NO4. The lowest BCUT2D eigenvalue weighted by Crippen LogP contribution is -2.31. The molecule has 1 amide bonds. The Bertz CT molecular complexity index is 885. The van der Waals surface area contributed by atoms with Crippen molar-refractivity contribution < 1.29 is 19.0 Å². The summed E-state index contributed by atoms with van der Waals surface area (Å²) in [4.78, 5) is 15.0. The predicted molar refractivity (Wildman–Crippen MR) is 117 cm³/mol. The lowest BCUT2D eigenvalue weighted by Gasteiger charge is -2.23. The van der Waals surface area contributed by atoms with Crippen molar-refractivity contribution >= 4 is 5.91 Å². The van der Waals surface area contributed by atoms with E-state index in [-0.39, 0.29) is 5.91 Å². The Balaban J connectivity index is 1.77. The summed E-state index contributed by atoms with van der Waals surface area (Å²) < 4.78 is 15.7. The van der Waals surface area contributed by atoms with Crippen LogP contribution in [0.15, 0.2) is 72.8 Å². The summed E-state index contributed by atoms with van der Waals surface area (Å²) in [5.41, 5.74) is 3.05. The van der Waals surface area contributed by atoms with Crippen LogP contribution >= 0.6 is 0 Å². The largest absolute Gasteiger partial charge is 0.497 e. The number of amides is 1. The van der Waals surface area contributed by atoms with Crippen molar-refractivity contribution in [1.82, 2.24) is 4.90 Å². The van der Waals surface area contributed by atoms with Gasteiger partial charge in [-0.15, -0.1) is 0 Å². The van der Waals surface area contributed by atoms with Gasteiger partial charge in [-0.25, -0.2) is 0 Å². The molecule has 5 heteroatoms. The highest BCUT2D eigenvalue weighted by Gasteiger charge is 2.16. The highest BCUT2D eigenvalue weighted by atomic mass is 16.5. The van der Waals surface area contributed by atoms with Gasteiger partial charge in [-0.05, 0) is 53.1 Å². The van der Waals surface area contributed by atoms with Gasteiger partial charge in [0.15, 0.2) is 0 Å². The summed E-state index contributed by atoms with van der Waals surface area (Å²) in [6.07, 6.45) is 0.330. The van der Waals surface area contributed by atoms with Crippen LogP contribution < -0.4 is 14.2 Å². The lowest BCUT2D eigenvalue weighted by atomic mass is 10.1. The Labute approximate surface area is 177 Å². The van der Waals surface area contributed by atoms with Crippen LogP contribution in [0.4, 0.5) is 0 Å². The van der Waals surface area contributed by atoms with Gasteiger partial charge in [-0.3, -0.25) is 4.79 Å². The number of methoxy groups -OCH3 is 3. The smallest absolute Gasteiger partial charge is 0.227 e. The van der Waals surface area contributed by atoms with Gasteiger partial charge in [0.25, 0.3) is 0 Å². The van der Waals surface area contributed by atoms with Crippen molar-refractivity contribution in [2.24, 2.45) is 0 Å². The Hall–Kier alpha value is -3.47. The summed E-state index contributed by atoms with van der Waals surface area (Å²) in [5, 5.41) is 0. The molecule has 3 aromatic rings. The van der Waals surface area contributed by atoms with Gasteiger partial charge < -0.3 is 19.1 Å². The van der Waals surface area contributed by atoms with E-state index in [0.717, 1.165) is 33.9 Å². The molecule has 5 nitrogen and oxygen atoms in total. The number of benzene rings is 3. The molecule has 0 aliphatic carbocycles. The van der Waals surface area contributed by atoms with E-state index in [4.69, 9.17) is 14.2 Å². The monoisotopic (exact) mass is 405 g/mol. The first-order valence-corrected chi connectivity index (χ1v) is 9.78. The molecule has 0 aliphatic rings. The normalized spacial score (nSPS) is 10.4. The van der Waals surface area contributed by atoms with E-state index < -0.39 is 0 Å². The number of ether oxygens (including phenoxy) is 3. The van der Waals surface area contributed by atoms with Gasteiger partial charge in [0.2, 0.25) is 5.91 Å². The molecule has 0 bridgehead atoms. The number of carbonyl (C=O) groups is 1. The Morgan fingerprint density at radius 1 is 0.600 bits per heavy atom. The van der Waals surface area contributed by atoms with Gasteiger partial charge >= 0.3 is 0 Å². The maximum Gasteiger partial charge on any atom is 0.227 e. The summed E-state index contributed by atoms with van der Waals surface area (Å²) in [6.45, 7) is 1.04. The van der Waals surface area contributed by atoms with Crippen LogP contribution in [-0.2, 0) is 24.3 Å². The van der Waals surface area contributed by atoms with Crippen LogP contribution in [0.1, 0.15) is 16.7 Å². The first kappa shape index (κ1) is 21.2. The van der Waals surface area contributed by atoms with Crippen LogP contribution in [-0.4, -0.2) is 32.1 Å². The lowest BCUT2D eigenvalue weighted by molar-refractivity contribution is -0.131. The van der Waals surface area contributed by atoms with Gasteiger partial charge in [0.1, 0.15) is 17.2 Å². The second-order valence-corrected chi connectivity index (χ2v) is 6.97. The van der Waals surface area contributed by atoms with E-state index in [1.165, 1.54) is 0 Å². The van der Waals surface area contributed by atoms with E-state index in [1.807, 2.05) is 77.7 Å². The maximum atomic E-state index is 13.2. The minimum atomic E-state index is 0.0619. The number of hydrogen-bond donors (Lipinski definition) is 0. The zero-order chi connectivity index (χ0) is 21.3. The average Bonchev–Trinajstić information content (AvgIpc) is 2.80. The first-order valence-electron chi connectivity index (χ1n) is 9.78. The molecule has 3 rings (SSSR count). The van der Waals surface area contributed by atoms with E-state index >= 15 is 0 Å². The third kappa shape index (κ3) is 5.77. The van der Waals surface area contributed by atoms with Crippen LogP contribution in [0.25, 0.3) is 0 Å². The zero-order valence-electron chi connectivity index (χ0n) is 17.6. The highest BCUT2D eigenvalue weighted by molar-refractivity contribution is 5.78. The molecule has 0 N–H and O–H groups in total. The van der Waals surface area contributed by atoms with Gasteiger partial charge in [0.05, 0.1) is 27.8 Å². The van der Waals surface area contributed by atoms with Crippen LogP contribution in [0.2, 0.25) is 0 Å². The number of hydrogen-bond acceptors (Lipinski definition) is 4. The van der Waals surface area contributed by atoms with Crippen molar-refractivity contribution in [1.29, 1.82) is 0 Å². The maximum absolute atomic E-state index is 13.2. The van der Waals surface area contributed by atoms with E-state index in [9.17, 15) is 4.79 Å². The molecule has 0 atom stereocenters. The standard InChI is InChI=1S/C25H27NO4/c1-28-22-10-4-19(5-11-22)16-25(27)26(17-20-6-12-23(29-2)13-7-20)18-21-8-14-24(30-3)15-9-21/h4-15H,16-18H2,1-3H3. The second-order valence-electron chi connectivity index (χ2n) is 6.97. The third-order valence-corrected chi connectivity index (χ3v) is 4.93. The molecule has 0 heterocycles. The molecular weight excluding hydrogens is 378 g/mol. The Morgan fingerprint density at radius 3 is 1.27 bits per heavy atom.